The van der Waals surface area contributed by atoms with Crippen LogP contribution in [0.1, 0.15) is 40.2 Å². The van der Waals surface area contributed by atoms with Crippen LogP contribution >= 0.6 is 0 Å². The number of carbonyl (C=O) groups excluding carboxylic acids is 1. The minimum atomic E-state index is -0.933. The molecule has 0 saturated heterocycles. The normalized spacial score (nSPS) is 16.7. The lowest BCUT2D eigenvalue weighted by Gasteiger charge is -2.33. The lowest BCUT2D eigenvalue weighted by molar-refractivity contribution is -0.136. The predicted octanol–water partition coefficient (Wildman–Crippen LogP) is 4.72. The Balaban J connectivity index is 1.45. The van der Waals surface area contributed by atoms with Crippen LogP contribution in [-0.2, 0) is 40.3 Å². The monoisotopic (exact) mass is 489 g/mol. The molecule has 6 nitrogen and oxygen atoms in total. The van der Waals surface area contributed by atoms with Crippen LogP contribution in [0, 0.1) is 5.82 Å². The highest BCUT2D eigenvalue weighted by Crippen LogP contribution is 2.38. The van der Waals surface area contributed by atoms with Crippen LogP contribution in [0.3, 0.4) is 0 Å². The molecule has 0 bridgehead atoms. The molecule has 0 radical (unpaired) electrons. The van der Waals surface area contributed by atoms with E-state index >= 15 is 0 Å². The highest BCUT2D eigenvalue weighted by molar-refractivity contribution is 5.80. The molecule has 2 aliphatic heterocycles. The molecule has 2 heterocycles. The Hall–Kier alpha value is -3.71. The average Bonchev–Trinajstić information content (AvgIpc) is 2.88. The van der Waals surface area contributed by atoms with Gasteiger partial charge in [-0.05, 0) is 58.0 Å². The number of hydrogen-bond acceptors (Lipinski definition) is 4. The molecule has 0 spiro atoms. The lowest BCUT2D eigenvalue weighted by Crippen LogP contribution is -2.38. The number of hydrogen-bond donors (Lipinski definition) is 1. The van der Waals surface area contributed by atoms with Gasteiger partial charge in [0.2, 0.25) is 5.91 Å². The maximum atomic E-state index is 14.8. The van der Waals surface area contributed by atoms with Gasteiger partial charge in [0.05, 0.1) is 26.7 Å². The smallest absolute Gasteiger partial charge is 0.307 e. The Morgan fingerprint density at radius 2 is 1.94 bits per heavy atom. The van der Waals surface area contributed by atoms with Gasteiger partial charge in [-0.15, -0.1) is 0 Å². The molecule has 2 aliphatic rings. The van der Waals surface area contributed by atoms with Crippen LogP contribution in [0.4, 0.5) is 4.39 Å². The zero-order valence-corrected chi connectivity index (χ0v) is 20.1. The second-order valence-corrected chi connectivity index (χ2v) is 9.34. The van der Waals surface area contributed by atoms with E-state index in [0.717, 1.165) is 22.3 Å². The zero-order chi connectivity index (χ0) is 25.2. The van der Waals surface area contributed by atoms with Crippen LogP contribution in [0.15, 0.2) is 54.6 Å². The maximum absolute atomic E-state index is 14.8. The summed E-state index contributed by atoms with van der Waals surface area (Å²) in [7, 11) is 1.55. The highest BCUT2D eigenvalue weighted by Gasteiger charge is 2.30. The number of halogens is 1. The Bertz CT molecular complexity index is 1320. The van der Waals surface area contributed by atoms with Crippen molar-refractivity contribution in [1.82, 2.24) is 4.90 Å². The highest BCUT2D eigenvalue weighted by atomic mass is 19.1. The molecule has 3 aromatic rings. The van der Waals surface area contributed by atoms with Crippen LogP contribution in [0.2, 0.25) is 0 Å². The van der Waals surface area contributed by atoms with Gasteiger partial charge in [0.15, 0.2) is 0 Å². The van der Waals surface area contributed by atoms with Crippen molar-refractivity contribution >= 4 is 11.9 Å². The quantitative estimate of drug-likeness (QED) is 0.543. The van der Waals surface area contributed by atoms with Gasteiger partial charge >= 0.3 is 5.97 Å². The van der Waals surface area contributed by atoms with Crippen molar-refractivity contribution in [2.24, 2.45) is 0 Å². The van der Waals surface area contributed by atoms with Crippen LogP contribution < -0.4 is 4.74 Å². The maximum Gasteiger partial charge on any atom is 0.307 e. The second kappa shape index (κ2) is 10.1. The molecule has 1 amide bonds. The van der Waals surface area contributed by atoms with Gasteiger partial charge in [0.25, 0.3) is 0 Å². The van der Waals surface area contributed by atoms with E-state index in [-0.39, 0.29) is 30.6 Å². The number of carbonyl (C=O) groups is 2. The Morgan fingerprint density at radius 3 is 2.75 bits per heavy atom. The standard InChI is InChI=1S/C29H28FNO5/c1-35-27-9-6-18(13-29(33)34)12-24(27)22-7-8-26(30)23-10-11-31(15-25(22)23)28(32)14-20-17-36-16-19-4-2-3-5-21(19)20/h2-9,12,20H,10-11,13-17H2,1H3,(H,33,34). The first-order valence-corrected chi connectivity index (χ1v) is 12.1. The van der Waals surface area contributed by atoms with Gasteiger partial charge < -0.3 is 19.5 Å². The molecule has 36 heavy (non-hydrogen) atoms. The average molecular weight is 490 g/mol. The molecule has 7 heteroatoms. The molecule has 0 fully saturated rings. The fourth-order valence-corrected chi connectivity index (χ4v) is 5.32. The molecular formula is C29H28FNO5. The van der Waals surface area contributed by atoms with Crippen LogP contribution in [0.25, 0.3) is 11.1 Å². The Labute approximate surface area is 209 Å². The lowest BCUT2D eigenvalue weighted by atomic mass is 9.88. The molecule has 1 atom stereocenters. The first-order chi connectivity index (χ1) is 17.4. The number of carboxylic acid groups (broad SMARTS) is 1. The minimum absolute atomic E-state index is 0.00718. The van der Waals surface area contributed by atoms with E-state index in [1.165, 1.54) is 6.07 Å². The van der Waals surface area contributed by atoms with E-state index in [9.17, 15) is 19.1 Å². The molecule has 0 aliphatic carbocycles. The molecular weight excluding hydrogens is 461 g/mol. The number of aliphatic carboxylic acids is 1. The van der Waals surface area contributed by atoms with Crippen molar-refractivity contribution in [3.63, 3.8) is 0 Å². The second-order valence-electron chi connectivity index (χ2n) is 9.34. The first kappa shape index (κ1) is 24.0. The molecule has 186 valence electrons. The van der Waals surface area contributed by atoms with Gasteiger partial charge in [0.1, 0.15) is 11.6 Å². The largest absolute Gasteiger partial charge is 0.496 e. The van der Waals surface area contributed by atoms with Crippen molar-refractivity contribution in [2.45, 2.75) is 38.3 Å². The number of rotatable bonds is 6. The number of fused-ring (bicyclic) bond motifs is 2. The molecule has 0 saturated carbocycles. The van der Waals surface area contributed by atoms with Crippen molar-refractivity contribution in [3.05, 3.63) is 88.2 Å². The summed E-state index contributed by atoms with van der Waals surface area (Å²) in [6, 6.07) is 16.4. The zero-order valence-electron chi connectivity index (χ0n) is 20.1. The summed E-state index contributed by atoms with van der Waals surface area (Å²) in [5.41, 5.74) is 5.66. The number of nitrogens with zero attached hydrogens (tertiary/aromatic N) is 1. The SMILES string of the molecule is COc1ccc(CC(=O)O)cc1-c1ccc(F)c2c1CN(C(=O)CC1COCc3ccccc31)CC2. The van der Waals surface area contributed by atoms with Gasteiger partial charge in [-0.2, -0.15) is 0 Å². The summed E-state index contributed by atoms with van der Waals surface area (Å²) in [4.78, 5) is 26.5. The van der Waals surface area contributed by atoms with E-state index in [1.54, 1.807) is 36.3 Å². The van der Waals surface area contributed by atoms with Crippen molar-refractivity contribution in [3.8, 4) is 16.9 Å². The number of methoxy groups -OCH3 is 1. The van der Waals surface area contributed by atoms with Crippen LogP contribution in [-0.4, -0.2) is 42.1 Å². The van der Waals surface area contributed by atoms with Gasteiger partial charge in [-0.3, -0.25) is 9.59 Å². The third-order valence-electron chi connectivity index (χ3n) is 7.11. The van der Waals surface area contributed by atoms with E-state index in [2.05, 4.69) is 6.07 Å². The van der Waals surface area contributed by atoms with E-state index < -0.39 is 5.97 Å². The summed E-state index contributed by atoms with van der Waals surface area (Å²) >= 11 is 0. The molecule has 0 aromatic heterocycles. The van der Waals surface area contributed by atoms with E-state index in [0.29, 0.717) is 55.0 Å². The van der Waals surface area contributed by atoms with E-state index in [1.807, 2.05) is 18.2 Å². The van der Waals surface area contributed by atoms with Crippen molar-refractivity contribution in [1.29, 1.82) is 0 Å². The molecule has 1 N–H and O–H groups in total. The Morgan fingerprint density at radius 1 is 1.11 bits per heavy atom. The summed E-state index contributed by atoms with van der Waals surface area (Å²) in [6.45, 7) is 1.78. The van der Waals surface area contributed by atoms with Gasteiger partial charge in [-0.1, -0.05) is 36.4 Å². The topological polar surface area (TPSA) is 76.1 Å². The first-order valence-electron chi connectivity index (χ1n) is 12.1. The third kappa shape index (κ3) is 4.71. The van der Waals surface area contributed by atoms with Gasteiger partial charge in [0, 0.05) is 31.0 Å². The minimum Gasteiger partial charge on any atom is -0.496 e. The van der Waals surface area contributed by atoms with Crippen LogP contribution in [0.5, 0.6) is 5.75 Å². The summed E-state index contributed by atoms with van der Waals surface area (Å²) in [5.74, 6) is -0.665. The molecule has 1 unspecified atom stereocenters. The van der Waals surface area contributed by atoms with Crippen molar-refractivity contribution in [2.75, 3.05) is 20.3 Å². The number of carboxylic acids is 1. The van der Waals surface area contributed by atoms with E-state index in [4.69, 9.17) is 9.47 Å². The van der Waals surface area contributed by atoms with Crippen molar-refractivity contribution < 1.29 is 28.6 Å². The predicted molar refractivity (Wildman–Crippen MR) is 132 cm³/mol. The summed E-state index contributed by atoms with van der Waals surface area (Å²) in [6.07, 6.45) is 0.611. The third-order valence-corrected chi connectivity index (χ3v) is 7.11. The molecule has 3 aromatic carbocycles. The molecule has 5 rings (SSSR count). The number of amides is 1. The fraction of sp³-hybridized carbons (Fsp3) is 0.310. The van der Waals surface area contributed by atoms with Gasteiger partial charge in [-0.25, -0.2) is 4.39 Å². The Kier molecular flexibility index (Phi) is 6.74. The number of benzene rings is 3. The number of ether oxygens (including phenoxy) is 2. The summed E-state index contributed by atoms with van der Waals surface area (Å²) in [5, 5.41) is 9.24. The fourth-order valence-electron chi connectivity index (χ4n) is 5.32. The summed E-state index contributed by atoms with van der Waals surface area (Å²) < 4.78 is 26.1.